The molecule has 3 aromatic rings. The molecular formula is C21H19N3O3S. The third-order valence-electron chi connectivity index (χ3n) is 4.45. The highest BCUT2D eigenvalue weighted by Gasteiger charge is 2.28. The Hall–Kier alpha value is -3.19. The van der Waals surface area contributed by atoms with E-state index in [4.69, 9.17) is 4.74 Å². The molecule has 0 bridgehead atoms. The van der Waals surface area contributed by atoms with Crippen LogP contribution in [0.15, 0.2) is 47.8 Å². The lowest BCUT2D eigenvalue weighted by atomic mass is 10.1. The molecule has 0 atom stereocenters. The molecule has 2 aromatic carbocycles. The largest absolute Gasteiger partial charge is 0.482 e. The van der Waals surface area contributed by atoms with E-state index in [1.165, 1.54) is 4.90 Å². The second-order valence-electron chi connectivity index (χ2n) is 6.62. The van der Waals surface area contributed by atoms with Crippen molar-refractivity contribution in [1.82, 2.24) is 4.98 Å². The first-order valence-corrected chi connectivity index (χ1v) is 9.74. The maximum absolute atomic E-state index is 12.5. The average Bonchev–Trinajstić information content (AvgIpc) is 3.12. The number of aryl methyl sites for hydroxylation is 2. The molecule has 2 amide bonds. The molecule has 28 heavy (non-hydrogen) atoms. The van der Waals surface area contributed by atoms with Gasteiger partial charge in [-0.2, -0.15) is 0 Å². The molecule has 4 rings (SSSR count). The Morgan fingerprint density at radius 3 is 2.71 bits per heavy atom. The second kappa shape index (κ2) is 7.44. The van der Waals surface area contributed by atoms with Gasteiger partial charge >= 0.3 is 0 Å². The van der Waals surface area contributed by atoms with Crippen LogP contribution in [0.2, 0.25) is 0 Å². The normalized spacial score (nSPS) is 13.1. The zero-order chi connectivity index (χ0) is 19.7. The number of thiazole rings is 1. The number of nitrogens with zero attached hydrogens (tertiary/aromatic N) is 2. The number of aromatic nitrogens is 1. The zero-order valence-electron chi connectivity index (χ0n) is 15.6. The Morgan fingerprint density at radius 2 is 2.00 bits per heavy atom. The molecule has 142 valence electrons. The summed E-state index contributed by atoms with van der Waals surface area (Å²) in [7, 11) is 0. The summed E-state index contributed by atoms with van der Waals surface area (Å²) >= 11 is 1.56. The van der Waals surface area contributed by atoms with E-state index < -0.39 is 0 Å². The summed E-state index contributed by atoms with van der Waals surface area (Å²) in [6.45, 7) is 3.76. The summed E-state index contributed by atoms with van der Waals surface area (Å²) in [6.07, 6.45) is 0. The number of anilines is 2. The summed E-state index contributed by atoms with van der Waals surface area (Å²) in [4.78, 5) is 30.9. The van der Waals surface area contributed by atoms with Gasteiger partial charge in [0.05, 0.1) is 16.4 Å². The number of nitrogens with one attached hydrogen (secondary N) is 1. The van der Waals surface area contributed by atoms with E-state index in [0.717, 1.165) is 21.8 Å². The first-order valence-electron chi connectivity index (χ1n) is 8.86. The van der Waals surface area contributed by atoms with Gasteiger partial charge in [0.2, 0.25) is 5.91 Å². The topological polar surface area (TPSA) is 71.5 Å². The summed E-state index contributed by atoms with van der Waals surface area (Å²) < 4.78 is 5.53. The van der Waals surface area contributed by atoms with Crippen LogP contribution in [0.1, 0.15) is 10.6 Å². The van der Waals surface area contributed by atoms with Crippen LogP contribution in [0.25, 0.3) is 11.3 Å². The number of hydrogen-bond acceptors (Lipinski definition) is 5. The van der Waals surface area contributed by atoms with Gasteiger partial charge in [0.1, 0.15) is 12.3 Å². The molecule has 0 saturated carbocycles. The maximum atomic E-state index is 12.5. The van der Waals surface area contributed by atoms with E-state index in [1.54, 1.807) is 11.3 Å². The maximum Gasteiger partial charge on any atom is 0.265 e. The molecule has 2 heterocycles. The van der Waals surface area contributed by atoms with Gasteiger partial charge in [0, 0.05) is 16.6 Å². The fraction of sp³-hybridized carbons (Fsp3) is 0.190. The zero-order valence-corrected chi connectivity index (χ0v) is 16.4. The van der Waals surface area contributed by atoms with E-state index in [1.807, 2.05) is 61.7 Å². The number of rotatable bonds is 4. The number of fused-ring (bicyclic) bond motifs is 1. The highest BCUT2D eigenvalue weighted by Crippen LogP contribution is 2.36. The predicted octanol–water partition coefficient (Wildman–Crippen LogP) is 3.79. The SMILES string of the molecule is Cc1ccc(NC(=O)CN2C(=O)COc3ccc(-c4csc(C)n4)cc32)cc1. The molecule has 1 aliphatic rings. The van der Waals surface area contributed by atoms with Crippen molar-refractivity contribution in [2.75, 3.05) is 23.4 Å². The van der Waals surface area contributed by atoms with Crippen molar-refractivity contribution in [3.05, 3.63) is 58.4 Å². The lowest BCUT2D eigenvalue weighted by Gasteiger charge is -2.29. The average molecular weight is 393 g/mol. The molecule has 0 radical (unpaired) electrons. The highest BCUT2D eigenvalue weighted by molar-refractivity contribution is 7.09. The summed E-state index contributed by atoms with van der Waals surface area (Å²) in [5, 5.41) is 5.77. The fourth-order valence-corrected chi connectivity index (χ4v) is 3.63. The van der Waals surface area contributed by atoms with Crippen LogP contribution in [0.3, 0.4) is 0 Å². The van der Waals surface area contributed by atoms with Gasteiger partial charge in [-0.05, 0) is 44.2 Å². The summed E-state index contributed by atoms with van der Waals surface area (Å²) in [6, 6.07) is 13.1. The third-order valence-corrected chi connectivity index (χ3v) is 5.23. The van der Waals surface area contributed by atoms with Crippen molar-refractivity contribution >= 4 is 34.5 Å². The fourth-order valence-electron chi connectivity index (χ4n) is 3.01. The van der Waals surface area contributed by atoms with E-state index >= 15 is 0 Å². The Balaban J connectivity index is 1.58. The quantitative estimate of drug-likeness (QED) is 0.732. The first-order chi connectivity index (χ1) is 13.5. The van der Waals surface area contributed by atoms with Gasteiger partial charge in [-0.1, -0.05) is 17.7 Å². The summed E-state index contributed by atoms with van der Waals surface area (Å²) in [5.41, 5.74) is 4.11. The van der Waals surface area contributed by atoms with Gasteiger partial charge in [0.15, 0.2) is 6.61 Å². The molecule has 7 heteroatoms. The molecule has 1 aliphatic heterocycles. The monoisotopic (exact) mass is 393 g/mol. The number of carbonyl (C=O) groups excluding carboxylic acids is 2. The smallest absolute Gasteiger partial charge is 0.265 e. The second-order valence-corrected chi connectivity index (χ2v) is 7.68. The Morgan fingerprint density at radius 1 is 1.21 bits per heavy atom. The molecular weight excluding hydrogens is 374 g/mol. The molecule has 0 unspecified atom stereocenters. The van der Waals surface area contributed by atoms with Crippen molar-refractivity contribution in [3.63, 3.8) is 0 Å². The first kappa shape index (κ1) is 18.2. The molecule has 0 fully saturated rings. The molecule has 0 saturated heterocycles. The predicted molar refractivity (Wildman–Crippen MR) is 110 cm³/mol. The lowest BCUT2D eigenvalue weighted by molar-refractivity contribution is -0.123. The molecule has 6 nitrogen and oxygen atoms in total. The minimum atomic E-state index is -0.264. The van der Waals surface area contributed by atoms with Crippen molar-refractivity contribution < 1.29 is 14.3 Å². The van der Waals surface area contributed by atoms with E-state index in [-0.39, 0.29) is 25.0 Å². The number of amides is 2. The van der Waals surface area contributed by atoms with Crippen LogP contribution >= 0.6 is 11.3 Å². The van der Waals surface area contributed by atoms with Crippen molar-refractivity contribution in [2.45, 2.75) is 13.8 Å². The minimum Gasteiger partial charge on any atom is -0.482 e. The van der Waals surface area contributed by atoms with Gasteiger partial charge in [-0.25, -0.2) is 4.98 Å². The van der Waals surface area contributed by atoms with E-state index in [0.29, 0.717) is 17.1 Å². The van der Waals surface area contributed by atoms with Crippen LogP contribution in [0.4, 0.5) is 11.4 Å². The number of carbonyl (C=O) groups is 2. The van der Waals surface area contributed by atoms with Crippen LogP contribution in [0, 0.1) is 13.8 Å². The Bertz CT molecular complexity index is 1040. The van der Waals surface area contributed by atoms with Crippen LogP contribution in [0.5, 0.6) is 5.75 Å². The molecule has 1 N–H and O–H groups in total. The van der Waals surface area contributed by atoms with E-state index in [2.05, 4.69) is 10.3 Å². The van der Waals surface area contributed by atoms with Crippen molar-refractivity contribution in [2.24, 2.45) is 0 Å². The van der Waals surface area contributed by atoms with Crippen molar-refractivity contribution in [3.8, 4) is 17.0 Å². The van der Waals surface area contributed by atoms with Crippen LogP contribution in [-0.4, -0.2) is 29.9 Å². The molecule has 1 aromatic heterocycles. The van der Waals surface area contributed by atoms with Crippen molar-refractivity contribution in [1.29, 1.82) is 0 Å². The van der Waals surface area contributed by atoms with Crippen LogP contribution < -0.4 is 15.0 Å². The Kier molecular flexibility index (Phi) is 4.83. The lowest BCUT2D eigenvalue weighted by Crippen LogP contribution is -2.43. The molecule has 0 spiro atoms. The van der Waals surface area contributed by atoms with E-state index in [9.17, 15) is 9.59 Å². The van der Waals surface area contributed by atoms with Crippen LogP contribution in [-0.2, 0) is 9.59 Å². The Labute approximate surface area is 166 Å². The number of ether oxygens (including phenoxy) is 1. The minimum absolute atomic E-state index is 0.0807. The standard InChI is InChI=1S/C21H19N3O3S/c1-13-3-6-16(7-4-13)23-20(25)10-24-18-9-15(17-12-28-14(2)22-17)5-8-19(18)27-11-21(24)26/h3-9,12H,10-11H2,1-2H3,(H,23,25). The van der Waals surface area contributed by atoms with Gasteiger partial charge in [0.25, 0.3) is 5.91 Å². The number of benzene rings is 2. The highest BCUT2D eigenvalue weighted by atomic mass is 32.1. The third kappa shape index (κ3) is 3.75. The molecule has 0 aliphatic carbocycles. The van der Waals surface area contributed by atoms with Gasteiger partial charge < -0.3 is 10.1 Å². The van der Waals surface area contributed by atoms with Gasteiger partial charge in [-0.3, -0.25) is 14.5 Å². The summed E-state index contributed by atoms with van der Waals surface area (Å²) in [5.74, 6) is 0.0663. The van der Waals surface area contributed by atoms with Gasteiger partial charge in [-0.15, -0.1) is 11.3 Å². The number of hydrogen-bond donors (Lipinski definition) is 1.